The molecule has 0 atom stereocenters. The number of halogens is 7. The molecule has 0 amide bonds. The van der Waals surface area contributed by atoms with Crippen LogP contribution in [0.15, 0.2) is 64.3 Å². The van der Waals surface area contributed by atoms with Crippen molar-refractivity contribution in [1.29, 1.82) is 0 Å². The molecule has 10 heteroatoms. The zero-order valence-electron chi connectivity index (χ0n) is 13.7. The summed E-state index contributed by atoms with van der Waals surface area (Å²) in [5.41, 5.74) is 3.46. The van der Waals surface area contributed by atoms with Crippen LogP contribution in [0.1, 0.15) is 11.1 Å². The average Bonchev–Trinajstić information content (AvgIpc) is 2.92. The van der Waals surface area contributed by atoms with Crippen molar-refractivity contribution < 1.29 is 47.1 Å². The molecule has 0 spiro atoms. The van der Waals surface area contributed by atoms with Crippen LogP contribution in [-0.4, -0.2) is 0 Å². The van der Waals surface area contributed by atoms with Gasteiger partial charge in [0.2, 0.25) is 0 Å². The van der Waals surface area contributed by atoms with E-state index in [9.17, 15) is 29.6 Å². The Balaban J connectivity index is 0.000000279. The van der Waals surface area contributed by atoms with Gasteiger partial charge in [-0.2, -0.15) is 0 Å². The summed E-state index contributed by atoms with van der Waals surface area (Å²) in [6.45, 7) is 0. The van der Waals surface area contributed by atoms with Crippen molar-refractivity contribution in [2.24, 2.45) is 3.61 Å². The fraction of sp³-hybridized carbons (Fsp3) is 0. The second-order valence-electron chi connectivity index (χ2n) is 5.80. The second-order valence-corrected chi connectivity index (χ2v) is 10.1. The van der Waals surface area contributed by atoms with Crippen molar-refractivity contribution in [2.75, 3.05) is 0 Å². The molecule has 28 heavy (non-hydrogen) atoms. The summed E-state index contributed by atoms with van der Waals surface area (Å²) in [7, 11) is -10.7. The average molecular weight is 597 g/mol. The molecule has 0 heterocycles. The predicted octanol–water partition coefficient (Wildman–Crippen LogP) is 8.77. The molecule has 0 radical (unpaired) electrons. The van der Waals surface area contributed by atoms with Crippen molar-refractivity contribution in [3.05, 3.63) is 77.6 Å². The summed E-state index contributed by atoms with van der Waals surface area (Å²) in [4.78, 5) is 0. The van der Waals surface area contributed by atoms with E-state index < -0.39 is 25.3 Å². The van der Waals surface area contributed by atoms with Crippen molar-refractivity contribution in [1.82, 2.24) is 0 Å². The Kier molecular flexibility index (Phi) is 4.86. The molecule has 1 nitrogen and oxygen atoms in total. The molecule has 1 aliphatic rings. The van der Waals surface area contributed by atoms with Gasteiger partial charge in [-0.15, -0.1) is 0 Å². The Morgan fingerprint density at radius 1 is 0.750 bits per heavy atom. The molecule has 0 saturated heterocycles. The fourth-order valence-electron chi connectivity index (χ4n) is 2.52. The molecule has 3 aromatic carbocycles. The first-order chi connectivity index (χ1) is 12.8. The van der Waals surface area contributed by atoms with Gasteiger partial charge in [-0.05, 0) is 0 Å². The minimum atomic E-state index is -10.7. The third-order valence-corrected chi connectivity index (χ3v) is 5.94. The summed E-state index contributed by atoms with van der Waals surface area (Å²) in [6, 6.07) is 19.2. The van der Waals surface area contributed by atoms with Gasteiger partial charge >= 0.3 is 163 Å². The van der Waals surface area contributed by atoms with Crippen LogP contribution < -0.4 is 0 Å². The molecule has 1 aliphatic carbocycles. The van der Waals surface area contributed by atoms with Gasteiger partial charge in [-0.3, -0.25) is 0 Å². The number of nitrogens with zero attached hydrogens (tertiary/aromatic N) is 1. The van der Waals surface area contributed by atoms with Crippen LogP contribution in [-0.2, 0) is 17.5 Å². The minimum absolute atomic E-state index is 0.216. The molecule has 3 aromatic rings. The van der Waals surface area contributed by atoms with Gasteiger partial charge in [0.15, 0.2) is 0 Å². The summed E-state index contributed by atoms with van der Waals surface area (Å²) in [6.07, 6.45) is 2.25. The third kappa shape index (κ3) is 6.30. The van der Waals surface area contributed by atoms with Gasteiger partial charge in [0, 0.05) is 0 Å². The Morgan fingerprint density at radius 3 is 1.93 bits per heavy atom. The van der Waals surface area contributed by atoms with Gasteiger partial charge in [-0.25, -0.2) is 0 Å². The molecule has 0 N–H and O–H groups in total. The van der Waals surface area contributed by atoms with Crippen LogP contribution in [0.5, 0.6) is 0 Å². The molecule has 152 valence electrons. The Labute approximate surface area is 162 Å². The van der Waals surface area contributed by atoms with Crippen molar-refractivity contribution in [3.8, 4) is 0 Å². The van der Waals surface area contributed by atoms with E-state index >= 15 is 0 Å². The molecular formula is C18H11F7IrNP-. The molecule has 0 saturated carbocycles. The third-order valence-electron chi connectivity index (χ3n) is 3.49. The molecular weight excluding hydrogens is 586 g/mol. The van der Waals surface area contributed by atoms with Gasteiger partial charge in [0.1, 0.15) is 0 Å². The maximum absolute atomic E-state index is 12.9. The molecule has 0 unspecified atom stereocenters. The van der Waals surface area contributed by atoms with E-state index in [1.54, 1.807) is 12.1 Å². The Hall–Kier alpha value is -1.95. The van der Waals surface area contributed by atoms with Gasteiger partial charge in [-0.1, -0.05) is 0 Å². The summed E-state index contributed by atoms with van der Waals surface area (Å²) in [5.74, 6) is -0.216. The summed E-state index contributed by atoms with van der Waals surface area (Å²) in [5, 5.41) is 2.62. The second kappa shape index (κ2) is 6.54. The monoisotopic (exact) mass is 598 g/mol. The predicted molar refractivity (Wildman–Crippen MR) is 93.9 cm³/mol. The summed E-state index contributed by atoms with van der Waals surface area (Å²) < 4.78 is 78.1. The van der Waals surface area contributed by atoms with Gasteiger partial charge in [0.05, 0.1) is 0 Å². The molecule has 4 rings (SSSR count). The van der Waals surface area contributed by atoms with Crippen molar-refractivity contribution >= 4 is 34.4 Å². The van der Waals surface area contributed by atoms with Crippen LogP contribution in [0, 0.1) is 5.82 Å². The molecule has 0 bridgehead atoms. The first-order valence-electron chi connectivity index (χ1n) is 7.63. The number of rotatable bonds is 2. The topological polar surface area (TPSA) is 12.4 Å². The van der Waals surface area contributed by atoms with E-state index in [1.807, 2.05) is 0 Å². The van der Waals surface area contributed by atoms with E-state index in [2.05, 4.69) is 46.1 Å². The van der Waals surface area contributed by atoms with Crippen molar-refractivity contribution in [3.63, 3.8) is 0 Å². The molecule has 0 aliphatic heterocycles. The summed E-state index contributed by atoms with van der Waals surface area (Å²) >= 11 is -0.628. The van der Waals surface area contributed by atoms with E-state index in [4.69, 9.17) is 0 Å². The number of hydrogen-bond donors (Lipinski definition) is 0. The quantitative estimate of drug-likeness (QED) is 0.207. The van der Waals surface area contributed by atoms with Crippen LogP contribution in [0.4, 0.5) is 35.3 Å². The zero-order valence-corrected chi connectivity index (χ0v) is 17.0. The SMILES string of the molecule is F[P-](F)(F)(F)(F)F.Fc1ccc([N]=[Ir][C]2=Cc3cccc4cccc2c34)cc1. The number of benzene rings is 3. The van der Waals surface area contributed by atoms with E-state index in [1.165, 1.54) is 38.1 Å². The molecule has 0 aromatic heterocycles. The zero-order chi connectivity index (χ0) is 20.6. The van der Waals surface area contributed by atoms with E-state index in [0.29, 0.717) is 0 Å². The first kappa shape index (κ1) is 20.8. The van der Waals surface area contributed by atoms with E-state index in [0.717, 1.165) is 5.69 Å². The number of hydrogen-bond acceptors (Lipinski definition) is 1. The van der Waals surface area contributed by atoms with Crippen molar-refractivity contribution in [2.45, 2.75) is 0 Å². The maximum atomic E-state index is 12.9. The van der Waals surface area contributed by atoms with Crippen LogP contribution in [0.2, 0.25) is 0 Å². The van der Waals surface area contributed by atoms with Crippen LogP contribution in [0.3, 0.4) is 0 Å². The Morgan fingerprint density at radius 2 is 1.32 bits per heavy atom. The van der Waals surface area contributed by atoms with Crippen LogP contribution >= 0.6 is 7.81 Å². The fourth-order valence-corrected chi connectivity index (χ4v) is 4.79. The molecule has 0 fully saturated rings. The Bertz CT molecular complexity index is 1090. The standard InChI is InChI=1S/C12H7.C6H4FN.F6P.Ir/c1-3-9-4-2-6-11-8-7-10(5-1)12(9)11;7-5-1-3-6(8)4-2-5;1-7(2,3,4,5)6;/h1-7H;1-4H;;/q;;-1;. The van der Waals surface area contributed by atoms with Gasteiger partial charge < -0.3 is 0 Å². The normalized spacial score (nSPS) is 16.2. The van der Waals surface area contributed by atoms with Crippen LogP contribution in [0.25, 0.3) is 20.9 Å². The first-order valence-corrected chi connectivity index (χ1v) is 11.9. The van der Waals surface area contributed by atoms with E-state index in [-0.39, 0.29) is 5.82 Å². The van der Waals surface area contributed by atoms with Gasteiger partial charge in [0.25, 0.3) is 0 Å².